The maximum atomic E-state index is 11.4. The Hall–Kier alpha value is -2.62. The number of hydrogen-bond acceptors (Lipinski definition) is 9. The highest BCUT2D eigenvalue weighted by molar-refractivity contribution is 5.82. The molecule has 0 saturated heterocycles. The van der Waals surface area contributed by atoms with Crippen LogP contribution < -0.4 is 11.5 Å². The van der Waals surface area contributed by atoms with E-state index < -0.39 is 6.16 Å². The molecule has 24 heavy (non-hydrogen) atoms. The van der Waals surface area contributed by atoms with Gasteiger partial charge in [0.2, 0.25) is 5.95 Å². The van der Waals surface area contributed by atoms with Gasteiger partial charge >= 0.3 is 6.16 Å². The van der Waals surface area contributed by atoms with Crippen molar-refractivity contribution >= 4 is 29.1 Å². The molecular weight excluding hydrogens is 316 g/mol. The standard InChI is InChI=1S/C14H22N6O4/c1-8(2)24-14(22)23-6-9(5-21)3-4-20-7-17-10-11(15)18-13(16)19-12(10)20/h7-9,21H,3-6H2,1-2H3,(H4,15,16,18,19). The second-order valence-corrected chi connectivity index (χ2v) is 5.64. The molecule has 0 amide bonds. The molecule has 0 fully saturated rings. The van der Waals surface area contributed by atoms with Gasteiger partial charge in [-0.3, -0.25) is 0 Å². The number of nitrogens with two attached hydrogens (primary N) is 2. The van der Waals surface area contributed by atoms with E-state index in [4.69, 9.17) is 20.9 Å². The maximum Gasteiger partial charge on any atom is 0.508 e. The van der Waals surface area contributed by atoms with Crippen molar-refractivity contribution in [1.29, 1.82) is 0 Å². The van der Waals surface area contributed by atoms with Crippen molar-refractivity contribution in [2.24, 2.45) is 5.92 Å². The third-order valence-electron chi connectivity index (χ3n) is 3.31. The minimum atomic E-state index is -0.746. The Morgan fingerprint density at radius 2 is 2.12 bits per heavy atom. The van der Waals surface area contributed by atoms with E-state index in [9.17, 15) is 9.90 Å². The molecule has 1 unspecified atom stereocenters. The zero-order valence-electron chi connectivity index (χ0n) is 13.7. The predicted molar refractivity (Wildman–Crippen MR) is 86.9 cm³/mol. The number of aryl methyl sites for hydroxylation is 1. The van der Waals surface area contributed by atoms with E-state index in [0.717, 1.165) is 0 Å². The Labute approximate surface area is 138 Å². The van der Waals surface area contributed by atoms with Crippen LogP contribution in [0.1, 0.15) is 20.3 Å². The summed E-state index contributed by atoms with van der Waals surface area (Å²) in [6.45, 7) is 3.90. The summed E-state index contributed by atoms with van der Waals surface area (Å²) in [5, 5.41) is 9.43. The first kappa shape index (κ1) is 17.7. The van der Waals surface area contributed by atoms with Crippen LogP contribution in [0, 0.1) is 5.92 Å². The van der Waals surface area contributed by atoms with Gasteiger partial charge in [0.1, 0.15) is 12.1 Å². The van der Waals surface area contributed by atoms with Gasteiger partial charge in [-0.2, -0.15) is 9.97 Å². The molecule has 2 heterocycles. The molecule has 1 atom stereocenters. The molecule has 2 rings (SSSR count). The maximum absolute atomic E-state index is 11.4. The van der Waals surface area contributed by atoms with Crippen molar-refractivity contribution in [1.82, 2.24) is 19.5 Å². The lowest BCUT2D eigenvalue weighted by Gasteiger charge is -2.15. The molecule has 0 aliphatic heterocycles. The average molecular weight is 338 g/mol. The van der Waals surface area contributed by atoms with Gasteiger partial charge in [-0.05, 0) is 20.3 Å². The number of imidazole rings is 1. The van der Waals surface area contributed by atoms with Crippen LogP contribution in [0.3, 0.4) is 0 Å². The van der Waals surface area contributed by atoms with Crippen LogP contribution in [0.15, 0.2) is 6.33 Å². The van der Waals surface area contributed by atoms with Gasteiger partial charge in [0, 0.05) is 19.1 Å². The molecule has 10 heteroatoms. The van der Waals surface area contributed by atoms with E-state index in [-0.39, 0.29) is 37.0 Å². The first-order chi connectivity index (χ1) is 11.4. The molecule has 0 aliphatic carbocycles. The zero-order valence-corrected chi connectivity index (χ0v) is 13.7. The van der Waals surface area contributed by atoms with Crippen LogP contribution in [0.25, 0.3) is 11.2 Å². The van der Waals surface area contributed by atoms with Crippen molar-refractivity contribution in [3.63, 3.8) is 0 Å². The van der Waals surface area contributed by atoms with Crippen LogP contribution in [-0.4, -0.2) is 50.1 Å². The monoisotopic (exact) mass is 338 g/mol. The summed E-state index contributed by atoms with van der Waals surface area (Å²) in [5.41, 5.74) is 12.4. The number of carbonyl (C=O) groups is 1. The summed E-state index contributed by atoms with van der Waals surface area (Å²) in [5.74, 6) is 0.0497. The normalized spacial score (nSPS) is 12.5. The molecule has 0 bridgehead atoms. The van der Waals surface area contributed by atoms with Crippen LogP contribution in [-0.2, 0) is 16.0 Å². The summed E-state index contributed by atoms with van der Waals surface area (Å²) >= 11 is 0. The second kappa shape index (κ2) is 7.77. The quantitative estimate of drug-likeness (QED) is 0.614. The fourth-order valence-electron chi connectivity index (χ4n) is 2.11. The molecule has 0 spiro atoms. The van der Waals surface area contributed by atoms with Gasteiger partial charge in [-0.25, -0.2) is 9.78 Å². The molecule has 5 N–H and O–H groups in total. The molecule has 2 aromatic heterocycles. The number of aromatic nitrogens is 4. The van der Waals surface area contributed by atoms with Gasteiger partial charge < -0.3 is 30.6 Å². The number of hydrogen-bond donors (Lipinski definition) is 3. The number of rotatable bonds is 7. The van der Waals surface area contributed by atoms with Crippen molar-refractivity contribution in [2.75, 3.05) is 24.7 Å². The fraction of sp³-hybridized carbons (Fsp3) is 0.571. The lowest BCUT2D eigenvalue weighted by atomic mass is 10.1. The first-order valence-corrected chi connectivity index (χ1v) is 7.58. The van der Waals surface area contributed by atoms with Gasteiger partial charge in [0.15, 0.2) is 11.5 Å². The third kappa shape index (κ3) is 4.44. The Balaban J connectivity index is 1.95. The molecule has 0 radical (unpaired) electrons. The first-order valence-electron chi connectivity index (χ1n) is 7.58. The number of ether oxygens (including phenoxy) is 2. The number of aliphatic hydroxyl groups excluding tert-OH is 1. The largest absolute Gasteiger partial charge is 0.508 e. The SMILES string of the molecule is CC(C)OC(=O)OCC(CO)CCn1cnc2c(N)nc(N)nc21. The highest BCUT2D eigenvalue weighted by Crippen LogP contribution is 2.18. The van der Waals surface area contributed by atoms with E-state index in [1.54, 1.807) is 24.7 Å². The molecule has 0 aliphatic rings. The number of aliphatic hydroxyl groups is 1. The van der Waals surface area contributed by atoms with Crippen molar-refractivity contribution in [3.8, 4) is 0 Å². The van der Waals surface area contributed by atoms with Crippen LogP contribution in [0.2, 0.25) is 0 Å². The highest BCUT2D eigenvalue weighted by atomic mass is 16.7. The average Bonchev–Trinajstić information content (AvgIpc) is 2.90. The van der Waals surface area contributed by atoms with Crippen LogP contribution >= 0.6 is 0 Å². The zero-order chi connectivity index (χ0) is 17.7. The van der Waals surface area contributed by atoms with Crippen LogP contribution in [0.4, 0.5) is 16.6 Å². The van der Waals surface area contributed by atoms with Crippen LogP contribution in [0.5, 0.6) is 0 Å². The van der Waals surface area contributed by atoms with Gasteiger partial charge in [0.05, 0.1) is 12.4 Å². The highest BCUT2D eigenvalue weighted by Gasteiger charge is 2.15. The van der Waals surface area contributed by atoms with E-state index >= 15 is 0 Å². The molecule has 2 aromatic rings. The van der Waals surface area contributed by atoms with E-state index in [2.05, 4.69) is 15.0 Å². The topological polar surface area (TPSA) is 151 Å². The Morgan fingerprint density at radius 1 is 1.38 bits per heavy atom. The summed E-state index contributed by atoms with van der Waals surface area (Å²) in [7, 11) is 0. The van der Waals surface area contributed by atoms with E-state index in [0.29, 0.717) is 24.1 Å². The molecular formula is C14H22N6O4. The summed E-state index contributed by atoms with van der Waals surface area (Å²) in [4.78, 5) is 23.5. The summed E-state index contributed by atoms with van der Waals surface area (Å²) in [6.07, 6.45) is 1.13. The van der Waals surface area contributed by atoms with Gasteiger partial charge in [-0.15, -0.1) is 0 Å². The number of nitrogen functional groups attached to an aromatic ring is 2. The van der Waals surface area contributed by atoms with Gasteiger partial charge in [-0.1, -0.05) is 0 Å². The second-order valence-electron chi connectivity index (χ2n) is 5.64. The lowest BCUT2D eigenvalue weighted by molar-refractivity contribution is 0.0179. The Bertz CT molecular complexity index is 702. The summed E-state index contributed by atoms with van der Waals surface area (Å²) in [6, 6.07) is 0. The Morgan fingerprint density at radius 3 is 2.79 bits per heavy atom. The number of carbonyl (C=O) groups excluding carboxylic acids is 1. The van der Waals surface area contributed by atoms with E-state index in [1.165, 1.54) is 0 Å². The molecule has 0 aromatic carbocycles. The molecule has 132 valence electrons. The minimum Gasteiger partial charge on any atom is -0.434 e. The smallest absolute Gasteiger partial charge is 0.434 e. The number of fused-ring (bicyclic) bond motifs is 1. The van der Waals surface area contributed by atoms with Gasteiger partial charge in [0.25, 0.3) is 0 Å². The molecule has 0 saturated carbocycles. The predicted octanol–water partition coefficient (Wildman–Crippen LogP) is 0.551. The summed E-state index contributed by atoms with van der Waals surface area (Å²) < 4.78 is 11.6. The minimum absolute atomic E-state index is 0.0634. The third-order valence-corrected chi connectivity index (χ3v) is 3.31. The fourth-order valence-corrected chi connectivity index (χ4v) is 2.11. The van der Waals surface area contributed by atoms with Crippen molar-refractivity contribution in [3.05, 3.63) is 6.33 Å². The van der Waals surface area contributed by atoms with Crippen molar-refractivity contribution < 1.29 is 19.4 Å². The number of anilines is 2. The molecule has 10 nitrogen and oxygen atoms in total. The Kier molecular flexibility index (Phi) is 5.74. The number of nitrogens with zero attached hydrogens (tertiary/aromatic N) is 4. The van der Waals surface area contributed by atoms with E-state index in [1.807, 2.05) is 0 Å². The van der Waals surface area contributed by atoms with Crippen molar-refractivity contribution in [2.45, 2.75) is 32.9 Å². The lowest BCUT2D eigenvalue weighted by Crippen LogP contribution is -2.21.